The van der Waals surface area contributed by atoms with Gasteiger partial charge in [0.25, 0.3) is 0 Å². The summed E-state index contributed by atoms with van der Waals surface area (Å²) in [5.74, 6) is 0.289. The van der Waals surface area contributed by atoms with Crippen LogP contribution in [0.4, 0.5) is 4.53 Å². The molecule has 3 rings (SSSR count). The Labute approximate surface area is 182 Å². The number of carbonyl (C=O) groups is 1. The molecule has 0 saturated carbocycles. The highest BCUT2D eigenvalue weighted by Crippen LogP contribution is 2.32. The summed E-state index contributed by atoms with van der Waals surface area (Å²) in [6, 6.07) is 5.60. The highest BCUT2D eigenvalue weighted by molar-refractivity contribution is 7.94. The lowest BCUT2D eigenvalue weighted by Gasteiger charge is -2.15. The van der Waals surface area contributed by atoms with E-state index >= 15 is 0 Å². The van der Waals surface area contributed by atoms with Gasteiger partial charge in [-0.2, -0.15) is 0 Å². The number of hydrogen-bond acceptors (Lipinski definition) is 8. The molecule has 168 valence electrons. The second kappa shape index (κ2) is 14.3. The van der Waals surface area contributed by atoms with Crippen LogP contribution < -0.4 is 16.0 Å². The minimum Gasteiger partial charge on any atom is -0.325 e. The highest BCUT2D eigenvalue weighted by atomic mass is 32.2. The van der Waals surface area contributed by atoms with Crippen LogP contribution in [-0.2, 0) is 4.79 Å². The predicted molar refractivity (Wildman–Crippen MR) is 120 cm³/mol. The van der Waals surface area contributed by atoms with Crippen LogP contribution in [0, 0.1) is 5.92 Å². The Morgan fingerprint density at radius 1 is 1.43 bits per heavy atom. The number of aldehydes is 1. The monoisotopic (exact) mass is 440 g/mol. The molecule has 1 aromatic carbocycles. The van der Waals surface area contributed by atoms with E-state index in [-0.39, 0.29) is 17.7 Å². The minimum absolute atomic E-state index is 0.0136. The second-order valence-corrected chi connectivity index (χ2v) is 8.21. The van der Waals surface area contributed by atoms with E-state index in [2.05, 4.69) is 34.1 Å². The number of likely N-dealkylation sites (N-methyl/N-ethyl adjacent to an activating group) is 1. The van der Waals surface area contributed by atoms with Gasteiger partial charge in [-0.15, -0.1) is 0 Å². The molecule has 2 heterocycles. The van der Waals surface area contributed by atoms with Crippen molar-refractivity contribution in [2.24, 2.45) is 11.7 Å². The van der Waals surface area contributed by atoms with Gasteiger partial charge in [-0.3, -0.25) is 9.93 Å². The maximum atomic E-state index is 12.1. The van der Waals surface area contributed by atoms with Crippen molar-refractivity contribution >= 4 is 29.1 Å². The Morgan fingerprint density at radius 3 is 2.73 bits per heavy atom. The van der Waals surface area contributed by atoms with E-state index in [1.807, 2.05) is 13.8 Å². The number of aromatic nitrogens is 1. The third-order valence-corrected chi connectivity index (χ3v) is 5.15. The van der Waals surface area contributed by atoms with Gasteiger partial charge in [-0.05, 0) is 45.5 Å². The molecule has 0 aliphatic carbocycles. The molecule has 0 bridgehead atoms. The maximum absolute atomic E-state index is 12.1. The standard InChI is InChI=1S/C9H6FNO2S.C7H16N2.C5H11NO/c10-13-7-5-11-4-6-2-1-3-8(14-12)9(6)7;1-7-6-9(2)5-3-4-8-7;1-4(2)5(6)3-7/h1-5,12H;7-8H,3-6H2,1-2H3;3-5H,6H2,1-2H3. The minimum atomic E-state index is -0.278. The molecular weight excluding hydrogens is 407 g/mol. The first-order valence-corrected chi connectivity index (χ1v) is 10.7. The lowest BCUT2D eigenvalue weighted by atomic mass is 10.1. The molecule has 7 nitrogen and oxygen atoms in total. The molecule has 0 amide bonds. The third-order valence-electron chi connectivity index (χ3n) is 4.61. The van der Waals surface area contributed by atoms with Crippen molar-refractivity contribution < 1.29 is 18.8 Å². The summed E-state index contributed by atoms with van der Waals surface area (Å²) in [5.41, 5.74) is 5.25. The van der Waals surface area contributed by atoms with Crippen LogP contribution in [0.15, 0.2) is 35.5 Å². The molecule has 1 aliphatic rings. The van der Waals surface area contributed by atoms with Gasteiger partial charge in [0.15, 0.2) is 5.75 Å². The summed E-state index contributed by atoms with van der Waals surface area (Å²) in [6.45, 7) is 9.70. The highest BCUT2D eigenvalue weighted by Gasteiger charge is 2.09. The number of nitrogens with zero attached hydrogens (tertiary/aromatic N) is 2. The topological polar surface area (TPSA) is 101 Å². The van der Waals surface area contributed by atoms with Crippen molar-refractivity contribution in [2.45, 2.75) is 44.2 Å². The van der Waals surface area contributed by atoms with E-state index < -0.39 is 0 Å². The van der Waals surface area contributed by atoms with Crippen LogP contribution in [0.25, 0.3) is 10.8 Å². The normalized spacial score (nSPS) is 17.8. The van der Waals surface area contributed by atoms with Crippen molar-refractivity contribution in [1.82, 2.24) is 15.2 Å². The lowest BCUT2D eigenvalue weighted by Crippen LogP contribution is -2.33. The van der Waals surface area contributed by atoms with Crippen LogP contribution in [0.5, 0.6) is 5.75 Å². The first-order valence-electron chi connectivity index (χ1n) is 9.93. The molecule has 9 heteroatoms. The molecule has 1 saturated heterocycles. The molecule has 2 atom stereocenters. The summed E-state index contributed by atoms with van der Waals surface area (Å²) >= 11 is 0.553. The number of hydrogen-bond donors (Lipinski definition) is 3. The van der Waals surface area contributed by atoms with E-state index in [1.54, 1.807) is 24.4 Å². The molecule has 1 aromatic heterocycles. The average molecular weight is 441 g/mol. The number of fused-ring (bicyclic) bond motifs is 1. The van der Waals surface area contributed by atoms with E-state index in [0.29, 0.717) is 28.4 Å². The van der Waals surface area contributed by atoms with Crippen LogP contribution in [0.2, 0.25) is 0 Å². The maximum Gasteiger partial charge on any atom is 0.199 e. The summed E-state index contributed by atoms with van der Waals surface area (Å²) in [4.78, 5) is 20.2. The van der Waals surface area contributed by atoms with Gasteiger partial charge in [-0.1, -0.05) is 26.0 Å². The second-order valence-electron chi connectivity index (χ2n) is 7.59. The van der Waals surface area contributed by atoms with Crippen molar-refractivity contribution in [3.8, 4) is 5.75 Å². The fourth-order valence-corrected chi connectivity index (χ4v) is 3.23. The molecule has 30 heavy (non-hydrogen) atoms. The van der Waals surface area contributed by atoms with Crippen molar-refractivity contribution in [2.75, 3.05) is 26.7 Å². The van der Waals surface area contributed by atoms with Gasteiger partial charge in [0.1, 0.15) is 6.29 Å². The number of nitrogens with two attached hydrogens (primary N) is 1. The zero-order valence-electron chi connectivity index (χ0n) is 18.0. The quantitative estimate of drug-likeness (QED) is 0.490. The Kier molecular flexibility index (Phi) is 12.5. The zero-order valence-corrected chi connectivity index (χ0v) is 18.9. The molecule has 0 spiro atoms. The number of rotatable bonds is 4. The summed E-state index contributed by atoms with van der Waals surface area (Å²) < 4.78 is 21.1. The molecule has 4 N–H and O–H groups in total. The van der Waals surface area contributed by atoms with Gasteiger partial charge in [0.05, 0.1) is 12.2 Å². The Hall–Kier alpha value is -1.78. The first-order chi connectivity index (χ1) is 14.3. The van der Waals surface area contributed by atoms with Crippen LogP contribution in [0.3, 0.4) is 0 Å². The number of nitrogens with one attached hydrogen (secondary N) is 1. The largest absolute Gasteiger partial charge is 0.325 e. The summed E-state index contributed by atoms with van der Waals surface area (Å²) in [5, 5.41) is 4.68. The van der Waals surface area contributed by atoms with Crippen LogP contribution in [-0.4, -0.2) is 59.5 Å². The Morgan fingerprint density at radius 2 is 2.17 bits per heavy atom. The number of carbonyl (C=O) groups excluding carboxylic acids is 1. The SMILES string of the molecule is CC(C)C(N)C=O.CC1CN(C)CCCN1.OSc1cccc2cncc(OF)c12. The van der Waals surface area contributed by atoms with Crippen LogP contribution in [0.1, 0.15) is 27.2 Å². The number of halogens is 1. The van der Waals surface area contributed by atoms with Gasteiger partial charge in [-0.25, -0.2) is 0 Å². The van der Waals surface area contributed by atoms with Gasteiger partial charge in [0, 0.05) is 51.0 Å². The van der Waals surface area contributed by atoms with Crippen LogP contribution >= 0.6 is 12.0 Å². The molecule has 2 unspecified atom stereocenters. The predicted octanol–water partition coefficient (Wildman–Crippen LogP) is 3.53. The van der Waals surface area contributed by atoms with Crippen molar-refractivity contribution in [3.63, 3.8) is 0 Å². The molecule has 1 fully saturated rings. The smallest absolute Gasteiger partial charge is 0.199 e. The van der Waals surface area contributed by atoms with E-state index in [0.717, 1.165) is 11.7 Å². The molecular formula is C21H33FN4O3S. The van der Waals surface area contributed by atoms with E-state index in [9.17, 15) is 9.32 Å². The molecule has 0 radical (unpaired) electrons. The molecule has 1 aliphatic heterocycles. The van der Waals surface area contributed by atoms with Crippen molar-refractivity contribution in [3.05, 3.63) is 30.6 Å². The van der Waals surface area contributed by atoms with Gasteiger partial charge >= 0.3 is 0 Å². The number of benzene rings is 1. The third kappa shape index (κ3) is 8.93. The van der Waals surface area contributed by atoms with Gasteiger partial charge < -0.3 is 25.3 Å². The van der Waals surface area contributed by atoms with Gasteiger partial charge in [0.2, 0.25) is 0 Å². The Bertz CT molecular complexity index is 717. The summed E-state index contributed by atoms with van der Waals surface area (Å²) in [6.07, 6.45) is 4.91. The zero-order chi connectivity index (χ0) is 22.5. The van der Waals surface area contributed by atoms with E-state index in [4.69, 9.17) is 10.3 Å². The number of pyridine rings is 1. The first kappa shape index (κ1) is 26.3. The Balaban J connectivity index is 0.000000244. The fraction of sp³-hybridized carbons (Fsp3) is 0.524. The summed E-state index contributed by atoms with van der Waals surface area (Å²) in [7, 11) is 2.18. The average Bonchev–Trinajstić information content (AvgIpc) is 2.95. The van der Waals surface area contributed by atoms with E-state index in [1.165, 1.54) is 32.3 Å². The lowest BCUT2D eigenvalue weighted by molar-refractivity contribution is -0.109. The molecule has 2 aromatic rings. The van der Waals surface area contributed by atoms with Crippen molar-refractivity contribution in [1.29, 1.82) is 0 Å². The fourth-order valence-electron chi connectivity index (χ4n) is 2.78.